The fourth-order valence-electron chi connectivity index (χ4n) is 4.19. The number of hydrogen-bond acceptors (Lipinski definition) is 6. The molecule has 0 unspecified atom stereocenters. The van der Waals surface area contributed by atoms with Crippen LogP contribution in [-0.4, -0.2) is 52.2 Å². The number of nitrogens with zero attached hydrogens (tertiary/aromatic N) is 4. The first-order valence-electron chi connectivity index (χ1n) is 10.4. The van der Waals surface area contributed by atoms with Crippen LogP contribution in [0.5, 0.6) is 0 Å². The highest BCUT2D eigenvalue weighted by Crippen LogP contribution is 2.37. The van der Waals surface area contributed by atoms with Crippen LogP contribution in [0, 0.1) is 6.92 Å². The molecule has 4 heterocycles. The third kappa shape index (κ3) is 3.68. The van der Waals surface area contributed by atoms with Crippen molar-refractivity contribution in [2.45, 2.75) is 24.8 Å². The second-order valence-corrected chi connectivity index (χ2v) is 8.74. The molecule has 31 heavy (non-hydrogen) atoms. The number of thioether (sulfide) groups is 1. The largest absolute Gasteiger partial charge is 0.377 e. The maximum atomic E-state index is 5.67. The lowest BCUT2D eigenvalue weighted by Gasteiger charge is -2.34. The molecule has 0 aliphatic carbocycles. The topological polar surface area (TPSA) is 66.9 Å². The zero-order valence-corrected chi connectivity index (χ0v) is 18.7. The minimum absolute atomic E-state index is 0.263. The number of ether oxygens (including phenoxy) is 1. The van der Waals surface area contributed by atoms with Crippen molar-refractivity contribution in [3.8, 4) is 22.5 Å². The van der Waals surface area contributed by atoms with Gasteiger partial charge in [0.15, 0.2) is 0 Å². The van der Waals surface area contributed by atoms with Crippen LogP contribution in [0.25, 0.3) is 33.4 Å². The summed E-state index contributed by atoms with van der Waals surface area (Å²) in [4.78, 5) is 13.5. The van der Waals surface area contributed by atoms with Crippen molar-refractivity contribution < 1.29 is 4.74 Å². The molecule has 7 heteroatoms. The highest BCUT2D eigenvalue weighted by Gasteiger charge is 2.23. The second kappa shape index (κ2) is 8.32. The van der Waals surface area contributed by atoms with Crippen LogP contribution >= 0.6 is 11.8 Å². The Hall–Kier alpha value is -2.90. The molecule has 0 spiro atoms. The molecule has 1 atom stereocenters. The highest BCUT2D eigenvalue weighted by atomic mass is 32.2. The van der Waals surface area contributed by atoms with E-state index >= 15 is 0 Å². The van der Waals surface area contributed by atoms with Gasteiger partial charge in [-0.2, -0.15) is 5.10 Å². The van der Waals surface area contributed by atoms with Gasteiger partial charge in [0.2, 0.25) is 0 Å². The Bertz CT molecular complexity index is 1210. The zero-order valence-electron chi connectivity index (χ0n) is 17.9. The molecule has 1 aliphatic rings. The van der Waals surface area contributed by atoms with Gasteiger partial charge in [-0.05, 0) is 61.1 Å². The highest BCUT2D eigenvalue weighted by molar-refractivity contribution is 7.98. The quantitative estimate of drug-likeness (QED) is 0.462. The van der Waals surface area contributed by atoms with Crippen molar-refractivity contribution in [1.29, 1.82) is 0 Å². The van der Waals surface area contributed by atoms with E-state index in [-0.39, 0.29) is 6.04 Å². The van der Waals surface area contributed by atoms with E-state index in [0.717, 1.165) is 40.2 Å². The maximum absolute atomic E-state index is 5.67. The van der Waals surface area contributed by atoms with E-state index in [1.807, 2.05) is 12.3 Å². The van der Waals surface area contributed by atoms with Gasteiger partial charge in [0.1, 0.15) is 17.0 Å². The van der Waals surface area contributed by atoms with Gasteiger partial charge in [-0.1, -0.05) is 12.1 Å². The summed E-state index contributed by atoms with van der Waals surface area (Å²) in [6.07, 6.45) is 5.77. The molecule has 5 rings (SSSR count). The molecule has 1 aromatic carbocycles. The first-order valence-corrected chi connectivity index (χ1v) is 11.7. The van der Waals surface area contributed by atoms with Gasteiger partial charge in [-0.15, -0.1) is 11.8 Å². The maximum Gasteiger partial charge on any atom is 0.130 e. The molecule has 1 N–H and O–H groups in total. The van der Waals surface area contributed by atoms with E-state index < -0.39 is 0 Å². The van der Waals surface area contributed by atoms with Gasteiger partial charge in [-0.25, -0.2) is 4.98 Å². The summed E-state index contributed by atoms with van der Waals surface area (Å²) >= 11 is 1.75. The average molecular weight is 432 g/mol. The van der Waals surface area contributed by atoms with Crippen LogP contribution in [0.4, 0.5) is 5.82 Å². The lowest BCUT2D eigenvalue weighted by molar-refractivity contribution is 0.0986. The summed E-state index contributed by atoms with van der Waals surface area (Å²) in [5.74, 6) is 0.959. The third-order valence-electron chi connectivity index (χ3n) is 5.83. The zero-order chi connectivity index (χ0) is 21.4. The Labute approximate surface area is 186 Å². The third-order valence-corrected chi connectivity index (χ3v) is 6.57. The second-order valence-electron chi connectivity index (χ2n) is 7.86. The molecule has 0 bridgehead atoms. The average Bonchev–Trinajstić information content (AvgIpc) is 3.34. The van der Waals surface area contributed by atoms with Crippen molar-refractivity contribution in [3.05, 3.63) is 54.4 Å². The standard InChI is InChI=1S/C24H25N5OS/c1-15-13-25-23(20-8-9-26-28-20)24-22(15)19(17-4-6-18(31-3)7-5-17)12-21(27-24)29-10-11-30-14-16(29)2/h4-9,12-13,16H,10-11,14H2,1-3H3,(H,26,28)/t16-/m1/s1. The van der Waals surface area contributed by atoms with Crippen molar-refractivity contribution in [2.24, 2.45) is 0 Å². The molecular formula is C24H25N5OS. The number of morpholine rings is 1. The van der Waals surface area contributed by atoms with Crippen molar-refractivity contribution in [2.75, 3.05) is 30.9 Å². The Morgan fingerprint density at radius 3 is 2.74 bits per heavy atom. The van der Waals surface area contributed by atoms with Gasteiger partial charge >= 0.3 is 0 Å². The van der Waals surface area contributed by atoms with Crippen LogP contribution in [0.1, 0.15) is 12.5 Å². The van der Waals surface area contributed by atoms with Gasteiger partial charge in [-0.3, -0.25) is 10.1 Å². The lowest BCUT2D eigenvalue weighted by Crippen LogP contribution is -2.44. The number of nitrogens with one attached hydrogen (secondary N) is 1. The Kier molecular flexibility index (Phi) is 5.38. The summed E-state index contributed by atoms with van der Waals surface area (Å²) in [7, 11) is 0. The number of hydrogen-bond donors (Lipinski definition) is 1. The summed E-state index contributed by atoms with van der Waals surface area (Å²) in [6, 6.07) is 13.2. The molecule has 6 nitrogen and oxygen atoms in total. The fourth-order valence-corrected chi connectivity index (χ4v) is 4.60. The van der Waals surface area contributed by atoms with Crippen LogP contribution in [0.2, 0.25) is 0 Å². The number of rotatable bonds is 4. The minimum atomic E-state index is 0.263. The molecule has 4 aromatic rings. The van der Waals surface area contributed by atoms with E-state index in [1.165, 1.54) is 16.0 Å². The van der Waals surface area contributed by atoms with Crippen molar-refractivity contribution in [1.82, 2.24) is 20.2 Å². The predicted molar refractivity (Wildman–Crippen MR) is 127 cm³/mol. The van der Waals surface area contributed by atoms with Crippen LogP contribution < -0.4 is 4.90 Å². The van der Waals surface area contributed by atoms with Gasteiger partial charge in [0.05, 0.1) is 24.9 Å². The number of aromatic amines is 1. The number of H-pyrrole nitrogens is 1. The van der Waals surface area contributed by atoms with Crippen LogP contribution in [0.15, 0.2) is 53.7 Å². The van der Waals surface area contributed by atoms with E-state index in [1.54, 1.807) is 18.0 Å². The van der Waals surface area contributed by atoms with Crippen molar-refractivity contribution in [3.63, 3.8) is 0 Å². The predicted octanol–water partition coefficient (Wildman–Crippen LogP) is 4.94. The fraction of sp³-hybridized carbons (Fsp3) is 0.292. The molecule has 1 fully saturated rings. The number of pyridine rings is 2. The summed E-state index contributed by atoms with van der Waals surface area (Å²) < 4.78 is 5.67. The molecule has 158 valence electrons. The number of benzene rings is 1. The molecular weight excluding hydrogens is 406 g/mol. The molecule has 1 aliphatic heterocycles. The van der Waals surface area contributed by atoms with Gasteiger partial charge in [0, 0.05) is 29.2 Å². The van der Waals surface area contributed by atoms with E-state index in [9.17, 15) is 0 Å². The minimum Gasteiger partial charge on any atom is -0.377 e. The van der Waals surface area contributed by atoms with Crippen LogP contribution in [0.3, 0.4) is 0 Å². The Balaban J connectivity index is 1.79. The monoisotopic (exact) mass is 431 g/mol. The SMILES string of the molecule is CSc1ccc(-c2cc(N3CCOC[C@H]3C)nc3c(-c4ccn[nH]4)ncc(C)c23)cc1. The normalized spacial score (nSPS) is 16.7. The molecule has 1 saturated heterocycles. The first-order chi connectivity index (χ1) is 15.2. The number of aryl methyl sites for hydroxylation is 1. The summed E-state index contributed by atoms with van der Waals surface area (Å²) in [5.41, 5.74) is 6.04. The van der Waals surface area contributed by atoms with Gasteiger partial charge in [0.25, 0.3) is 0 Å². The van der Waals surface area contributed by atoms with Crippen molar-refractivity contribution >= 4 is 28.5 Å². The number of fused-ring (bicyclic) bond motifs is 1. The van der Waals surface area contributed by atoms with E-state index in [4.69, 9.17) is 14.7 Å². The van der Waals surface area contributed by atoms with Gasteiger partial charge < -0.3 is 9.64 Å². The van der Waals surface area contributed by atoms with E-state index in [2.05, 4.69) is 65.5 Å². The Morgan fingerprint density at radius 1 is 1.19 bits per heavy atom. The lowest BCUT2D eigenvalue weighted by atomic mass is 9.97. The number of anilines is 1. The number of aromatic nitrogens is 4. The smallest absolute Gasteiger partial charge is 0.130 e. The van der Waals surface area contributed by atoms with E-state index in [0.29, 0.717) is 13.2 Å². The molecule has 0 radical (unpaired) electrons. The molecule has 0 saturated carbocycles. The summed E-state index contributed by atoms with van der Waals surface area (Å²) in [5, 5.41) is 8.31. The molecule has 3 aromatic heterocycles. The molecule has 0 amide bonds. The Morgan fingerprint density at radius 2 is 2.03 bits per heavy atom. The van der Waals surface area contributed by atoms with Crippen LogP contribution in [-0.2, 0) is 4.74 Å². The summed E-state index contributed by atoms with van der Waals surface area (Å²) in [6.45, 7) is 6.52. The first kappa shape index (κ1) is 20.0.